The van der Waals surface area contributed by atoms with Gasteiger partial charge in [0.25, 0.3) is 0 Å². The van der Waals surface area contributed by atoms with Gasteiger partial charge in [-0.3, -0.25) is 0 Å². The van der Waals surface area contributed by atoms with Gasteiger partial charge >= 0.3 is 0 Å². The summed E-state index contributed by atoms with van der Waals surface area (Å²) in [4.78, 5) is 2.40. The number of hydrogen-bond donors (Lipinski definition) is 0. The molecule has 1 atom stereocenters. The van der Waals surface area contributed by atoms with E-state index in [0.29, 0.717) is 6.04 Å². The van der Waals surface area contributed by atoms with Crippen LogP contribution in [0.5, 0.6) is 0 Å². The first kappa shape index (κ1) is 7.80. The normalized spacial score (nSPS) is 29.5. The Bertz CT molecular complexity index is 138. The Morgan fingerprint density at radius 1 is 1.60 bits per heavy atom. The molecule has 1 aliphatic heterocycles. The Kier molecular flexibility index (Phi) is 2.50. The molecule has 1 heterocycles. The van der Waals surface area contributed by atoms with Crippen LogP contribution in [0.15, 0.2) is 11.6 Å². The largest absolute Gasteiger partial charge is 0.300 e. The van der Waals surface area contributed by atoms with Gasteiger partial charge in [0.05, 0.1) is 0 Å². The van der Waals surface area contributed by atoms with Crippen LogP contribution >= 0.6 is 0 Å². The first-order chi connectivity index (χ1) is 4.70. The second kappa shape index (κ2) is 3.20. The van der Waals surface area contributed by atoms with Crippen molar-refractivity contribution in [3.8, 4) is 0 Å². The van der Waals surface area contributed by atoms with Crippen LogP contribution in [0.4, 0.5) is 0 Å². The first-order valence-corrected chi connectivity index (χ1v) is 4.07. The molecule has 1 aliphatic rings. The maximum atomic E-state index is 2.40. The summed E-state index contributed by atoms with van der Waals surface area (Å²) in [5.74, 6) is 0. The van der Waals surface area contributed by atoms with Crippen molar-refractivity contribution >= 4 is 0 Å². The molecule has 1 nitrogen and oxygen atoms in total. The summed E-state index contributed by atoms with van der Waals surface area (Å²) in [5.41, 5.74) is 1.55. The van der Waals surface area contributed by atoms with Gasteiger partial charge in [-0.15, -0.1) is 0 Å². The van der Waals surface area contributed by atoms with Crippen molar-refractivity contribution in [3.05, 3.63) is 11.6 Å². The zero-order valence-electron chi connectivity index (χ0n) is 7.22. The van der Waals surface area contributed by atoms with Crippen LogP contribution in [0, 0.1) is 0 Å². The molecule has 0 unspecified atom stereocenters. The lowest BCUT2D eigenvalue weighted by Gasteiger charge is -2.19. The summed E-state index contributed by atoms with van der Waals surface area (Å²) < 4.78 is 0. The lowest BCUT2D eigenvalue weighted by molar-refractivity contribution is 0.301. The molecule has 1 heteroatoms. The van der Waals surface area contributed by atoms with Crippen LogP contribution < -0.4 is 0 Å². The van der Waals surface area contributed by atoms with Gasteiger partial charge in [-0.25, -0.2) is 0 Å². The van der Waals surface area contributed by atoms with Gasteiger partial charge in [-0.2, -0.15) is 0 Å². The summed E-state index contributed by atoms with van der Waals surface area (Å²) in [7, 11) is 2.19. The van der Waals surface area contributed by atoms with Crippen LogP contribution in [0.3, 0.4) is 0 Å². The zero-order chi connectivity index (χ0) is 7.56. The van der Waals surface area contributed by atoms with E-state index < -0.39 is 0 Å². The summed E-state index contributed by atoms with van der Waals surface area (Å²) in [6.45, 7) is 5.74. The average Bonchev–Trinajstić information content (AvgIpc) is 1.96. The maximum Gasteiger partial charge on any atom is 0.0249 e. The van der Waals surface area contributed by atoms with E-state index in [-0.39, 0.29) is 0 Å². The van der Waals surface area contributed by atoms with Crippen LogP contribution in [-0.2, 0) is 0 Å². The highest BCUT2D eigenvalue weighted by molar-refractivity contribution is 5.05. The number of hydrogen-bond acceptors (Lipinski definition) is 1. The number of likely N-dealkylation sites (N-methyl/N-ethyl adjacent to an activating group) is 1. The van der Waals surface area contributed by atoms with Crippen molar-refractivity contribution in [2.45, 2.75) is 32.7 Å². The summed E-state index contributed by atoms with van der Waals surface area (Å²) in [6.07, 6.45) is 4.98. The number of rotatable bonds is 0. The highest BCUT2D eigenvalue weighted by atomic mass is 15.1. The molecule has 0 radical (unpaired) electrons. The second-order valence-electron chi connectivity index (χ2n) is 3.34. The minimum absolute atomic E-state index is 0.641. The van der Waals surface area contributed by atoms with E-state index in [0.717, 1.165) is 0 Å². The lowest BCUT2D eigenvalue weighted by Crippen LogP contribution is -2.26. The molecule has 0 saturated heterocycles. The van der Waals surface area contributed by atoms with Crippen LogP contribution in [0.2, 0.25) is 0 Å². The van der Waals surface area contributed by atoms with Crippen molar-refractivity contribution in [2.75, 3.05) is 13.6 Å². The van der Waals surface area contributed by atoms with Crippen molar-refractivity contribution in [1.29, 1.82) is 0 Å². The summed E-state index contributed by atoms with van der Waals surface area (Å²) >= 11 is 0. The van der Waals surface area contributed by atoms with Gasteiger partial charge in [0, 0.05) is 6.04 Å². The third-order valence-electron chi connectivity index (χ3n) is 2.30. The van der Waals surface area contributed by atoms with Gasteiger partial charge in [-0.05, 0) is 40.3 Å². The van der Waals surface area contributed by atoms with Crippen molar-refractivity contribution in [1.82, 2.24) is 4.90 Å². The molecule has 0 saturated carbocycles. The standard InChI is InChI=1S/C9H17N/c1-8-5-4-6-10(3)9(2)7-8/h7,9H,4-6H2,1-3H3/t9-/m0/s1. The highest BCUT2D eigenvalue weighted by Crippen LogP contribution is 2.13. The van der Waals surface area contributed by atoms with E-state index in [1.807, 2.05) is 0 Å². The molecule has 0 N–H and O–H groups in total. The van der Waals surface area contributed by atoms with E-state index in [1.54, 1.807) is 5.57 Å². The van der Waals surface area contributed by atoms with Gasteiger partial charge in [-0.1, -0.05) is 11.6 Å². The minimum Gasteiger partial charge on any atom is -0.300 e. The molecule has 0 aromatic carbocycles. The van der Waals surface area contributed by atoms with Crippen LogP contribution in [0.1, 0.15) is 26.7 Å². The predicted molar refractivity (Wildman–Crippen MR) is 45.1 cm³/mol. The Morgan fingerprint density at radius 3 is 3.00 bits per heavy atom. The molecule has 0 amide bonds. The van der Waals surface area contributed by atoms with Crippen molar-refractivity contribution in [2.24, 2.45) is 0 Å². The smallest absolute Gasteiger partial charge is 0.0249 e. The lowest BCUT2D eigenvalue weighted by atomic mass is 10.1. The molecule has 0 fully saturated rings. The highest BCUT2D eigenvalue weighted by Gasteiger charge is 2.09. The molecule has 58 valence electrons. The molecule has 0 aliphatic carbocycles. The fourth-order valence-electron chi connectivity index (χ4n) is 1.43. The quantitative estimate of drug-likeness (QED) is 0.464. The van der Waals surface area contributed by atoms with Gasteiger partial charge < -0.3 is 4.90 Å². The third-order valence-corrected chi connectivity index (χ3v) is 2.30. The Labute approximate surface area is 63.7 Å². The van der Waals surface area contributed by atoms with E-state index >= 15 is 0 Å². The Balaban J connectivity index is 2.59. The van der Waals surface area contributed by atoms with E-state index in [4.69, 9.17) is 0 Å². The SMILES string of the molecule is CC1=C[C@H](C)N(C)CCC1. The predicted octanol–water partition coefficient (Wildman–Crippen LogP) is 2.05. The van der Waals surface area contributed by atoms with Crippen LogP contribution in [0.25, 0.3) is 0 Å². The van der Waals surface area contributed by atoms with Gasteiger partial charge in [0.15, 0.2) is 0 Å². The second-order valence-corrected chi connectivity index (χ2v) is 3.34. The first-order valence-electron chi connectivity index (χ1n) is 4.07. The molecule has 0 aromatic rings. The monoisotopic (exact) mass is 139 g/mol. The van der Waals surface area contributed by atoms with Crippen molar-refractivity contribution in [3.63, 3.8) is 0 Å². The van der Waals surface area contributed by atoms with Crippen LogP contribution in [-0.4, -0.2) is 24.5 Å². The minimum atomic E-state index is 0.641. The molecule has 0 aromatic heterocycles. The summed E-state index contributed by atoms with van der Waals surface area (Å²) in [5, 5.41) is 0. The molecular formula is C9H17N. The number of nitrogens with zero attached hydrogens (tertiary/aromatic N) is 1. The Morgan fingerprint density at radius 2 is 2.30 bits per heavy atom. The zero-order valence-corrected chi connectivity index (χ0v) is 7.22. The molecule has 1 rings (SSSR count). The van der Waals surface area contributed by atoms with E-state index in [1.165, 1.54) is 19.4 Å². The number of allylic oxidation sites excluding steroid dienone is 1. The molecule has 0 spiro atoms. The van der Waals surface area contributed by atoms with Crippen molar-refractivity contribution < 1.29 is 0 Å². The average molecular weight is 139 g/mol. The summed E-state index contributed by atoms with van der Waals surface area (Å²) in [6, 6.07) is 0.641. The van der Waals surface area contributed by atoms with E-state index in [2.05, 4.69) is 31.9 Å². The Hall–Kier alpha value is -0.300. The van der Waals surface area contributed by atoms with Gasteiger partial charge in [0.1, 0.15) is 0 Å². The van der Waals surface area contributed by atoms with E-state index in [9.17, 15) is 0 Å². The fraction of sp³-hybridized carbons (Fsp3) is 0.778. The molecule has 0 bridgehead atoms. The molecular weight excluding hydrogens is 122 g/mol. The fourth-order valence-corrected chi connectivity index (χ4v) is 1.43. The van der Waals surface area contributed by atoms with Gasteiger partial charge in [0.2, 0.25) is 0 Å². The maximum absolute atomic E-state index is 2.40. The topological polar surface area (TPSA) is 3.24 Å². The third kappa shape index (κ3) is 1.84. The molecule has 10 heavy (non-hydrogen) atoms.